The normalized spacial score (nSPS) is 21.1. The summed E-state index contributed by atoms with van der Waals surface area (Å²) in [6.45, 7) is 5.70. The SMILES string of the molecule is CCOC1CC1C(=O)Nc1ccc2c(ccn2CC)c1. The van der Waals surface area contributed by atoms with E-state index in [2.05, 4.69) is 35.1 Å². The van der Waals surface area contributed by atoms with E-state index in [0.29, 0.717) is 6.61 Å². The van der Waals surface area contributed by atoms with Crippen LogP contribution in [0, 0.1) is 5.92 Å². The molecule has 1 heterocycles. The van der Waals surface area contributed by atoms with Gasteiger partial charge >= 0.3 is 0 Å². The van der Waals surface area contributed by atoms with Gasteiger partial charge in [-0.15, -0.1) is 0 Å². The third-order valence-corrected chi connectivity index (χ3v) is 3.83. The summed E-state index contributed by atoms with van der Waals surface area (Å²) in [5.74, 6) is 0.0867. The van der Waals surface area contributed by atoms with Crippen LogP contribution in [-0.2, 0) is 16.1 Å². The lowest BCUT2D eigenvalue weighted by Gasteiger charge is -2.06. The molecule has 1 saturated carbocycles. The Morgan fingerprint density at radius 3 is 3.00 bits per heavy atom. The monoisotopic (exact) mass is 272 g/mol. The number of rotatable bonds is 5. The van der Waals surface area contributed by atoms with Crippen molar-refractivity contribution in [3.8, 4) is 0 Å². The van der Waals surface area contributed by atoms with E-state index in [-0.39, 0.29) is 17.9 Å². The van der Waals surface area contributed by atoms with Crippen molar-refractivity contribution in [2.75, 3.05) is 11.9 Å². The van der Waals surface area contributed by atoms with E-state index >= 15 is 0 Å². The summed E-state index contributed by atoms with van der Waals surface area (Å²) in [5.41, 5.74) is 2.06. The van der Waals surface area contributed by atoms with Crippen LogP contribution in [0.3, 0.4) is 0 Å². The van der Waals surface area contributed by atoms with E-state index in [9.17, 15) is 4.79 Å². The van der Waals surface area contributed by atoms with Crippen LogP contribution >= 0.6 is 0 Å². The van der Waals surface area contributed by atoms with E-state index in [4.69, 9.17) is 4.74 Å². The number of fused-ring (bicyclic) bond motifs is 1. The molecule has 3 rings (SSSR count). The van der Waals surface area contributed by atoms with Gasteiger partial charge in [-0.2, -0.15) is 0 Å². The fraction of sp³-hybridized carbons (Fsp3) is 0.438. The lowest BCUT2D eigenvalue weighted by Crippen LogP contribution is -2.16. The molecule has 1 fully saturated rings. The summed E-state index contributed by atoms with van der Waals surface area (Å²) in [5, 5.41) is 4.14. The Bertz CT molecular complexity index is 632. The lowest BCUT2D eigenvalue weighted by atomic mass is 10.2. The summed E-state index contributed by atoms with van der Waals surface area (Å²) < 4.78 is 7.64. The molecule has 4 heteroatoms. The zero-order chi connectivity index (χ0) is 14.1. The summed E-state index contributed by atoms with van der Waals surface area (Å²) in [7, 11) is 0. The van der Waals surface area contributed by atoms with Crippen LogP contribution in [0.25, 0.3) is 10.9 Å². The van der Waals surface area contributed by atoms with Crippen LogP contribution in [0.15, 0.2) is 30.5 Å². The molecule has 1 aromatic carbocycles. The van der Waals surface area contributed by atoms with Crippen LogP contribution in [-0.4, -0.2) is 23.2 Å². The Morgan fingerprint density at radius 2 is 2.25 bits per heavy atom. The number of ether oxygens (including phenoxy) is 1. The zero-order valence-electron chi connectivity index (χ0n) is 11.9. The van der Waals surface area contributed by atoms with Crippen LogP contribution in [0.1, 0.15) is 20.3 Å². The van der Waals surface area contributed by atoms with Gasteiger partial charge in [0.1, 0.15) is 0 Å². The largest absolute Gasteiger partial charge is 0.378 e. The third kappa shape index (κ3) is 2.43. The third-order valence-electron chi connectivity index (χ3n) is 3.83. The highest BCUT2D eigenvalue weighted by Crippen LogP contribution is 2.35. The first-order chi connectivity index (χ1) is 9.72. The number of carbonyl (C=O) groups excluding carboxylic acids is 1. The Labute approximate surface area is 118 Å². The number of hydrogen-bond acceptors (Lipinski definition) is 2. The number of nitrogens with one attached hydrogen (secondary N) is 1. The van der Waals surface area contributed by atoms with Crippen molar-refractivity contribution in [2.24, 2.45) is 5.92 Å². The van der Waals surface area contributed by atoms with Gasteiger partial charge in [-0.25, -0.2) is 0 Å². The highest BCUT2D eigenvalue weighted by Gasteiger charge is 2.43. The van der Waals surface area contributed by atoms with E-state index in [1.165, 1.54) is 5.52 Å². The fourth-order valence-corrected chi connectivity index (χ4v) is 2.63. The highest BCUT2D eigenvalue weighted by atomic mass is 16.5. The Morgan fingerprint density at radius 1 is 1.40 bits per heavy atom. The van der Waals surface area contributed by atoms with Gasteiger partial charge in [0, 0.05) is 35.9 Å². The molecule has 2 atom stereocenters. The molecule has 0 radical (unpaired) electrons. The molecule has 1 aliphatic rings. The molecule has 1 N–H and O–H groups in total. The average Bonchev–Trinajstić information content (AvgIpc) is 3.10. The molecule has 4 nitrogen and oxygen atoms in total. The summed E-state index contributed by atoms with van der Waals surface area (Å²) >= 11 is 0. The first-order valence-corrected chi connectivity index (χ1v) is 7.24. The zero-order valence-corrected chi connectivity index (χ0v) is 11.9. The van der Waals surface area contributed by atoms with Crippen LogP contribution in [0.4, 0.5) is 5.69 Å². The number of amides is 1. The predicted molar refractivity (Wildman–Crippen MR) is 79.8 cm³/mol. The first-order valence-electron chi connectivity index (χ1n) is 7.24. The van der Waals surface area contributed by atoms with E-state index in [0.717, 1.165) is 24.0 Å². The van der Waals surface area contributed by atoms with Crippen LogP contribution < -0.4 is 5.32 Å². The number of carbonyl (C=O) groups is 1. The second-order valence-corrected chi connectivity index (χ2v) is 5.20. The molecular formula is C16H20N2O2. The van der Waals surface area contributed by atoms with E-state index < -0.39 is 0 Å². The van der Waals surface area contributed by atoms with Crippen molar-refractivity contribution < 1.29 is 9.53 Å². The molecule has 20 heavy (non-hydrogen) atoms. The Hall–Kier alpha value is -1.81. The Kier molecular flexibility index (Phi) is 3.49. The maximum Gasteiger partial charge on any atom is 0.230 e. The number of aryl methyl sites for hydroxylation is 1. The highest BCUT2D eigenvalue weighted by molar-refractivity contribution is 5.96. The molecule has 1 amide bonds. The van der Waals surface area contributed by atoms with Crippen molar-refractivity contribution >= 4 is 22.5 Å². The van der Waals surface area contributed by atoms with E-state index in [1.54, 1.807) is 0 Å². The predicted octanol–water partition coefficient (Wildman–Crippen LogP) is 3.02. The minimum atomic E-state index is 0.0193. The fourth-order valence-electron chi connectivity index (χ4n) is 2.63. The second-order valence-electron chi connectivity index (χ2n) is 5.20. The van der Waals surface area contributed by atoms with Gasteiger partial charge in [-0.05, 0) is 44.5 Å². The number of hydrogen-bond donors (Lipinski definition) is 1. The maximum atomic E-state index is 12.1. The number of anilines is 1. The van der Waals surface area contributed by atoms with Gasteiger partial charge in [0.25, 0.3) is 0 Å². The molecule has 0 saturated heterocycles. The van der Waals surface area contributed by atoms with Crippen molar-refractivity contribution in [3.05, 3.63) is 30.5 Å². The quantitative estimate of drug-likeness (QED) is 0.909. The summed E-state index contributed by atoms with van der Waals surface area (Å²) in [6, 6.07) is 8.12. The van der Waals surface area contributed by atoms with Gasteiger partial charge in [-0.1, -0.05) is 0 Å². The summed E-state index contributed by atoms with van der Waals surface area (Å²) in [6.07, 6.45) is 3.03. The molecule has 2 unspecified atom stereocenters. The van der Waals surface area contributed by atoms with Crippen LogP contribution in [0.2, 0.25) is 0 Å². The van der Waals surface area contributed by atoms with Crippen LogP contribution in [0.5, 0.6) is 0 Å². The minimum absolute atomic E-state index is 0.0193. The van der Waals surface area contributed by atoms with Crippen molar-refractivity contribution in [2.45, 2.75) is 32.9 Å². The first kappa shape index (κ1) is 13.2. The van der Waals surface area contributed by atoms with E-state index in [1.807, 2.05) is 19.1 Å². The minimum Gasteiger partial charge on any atom is -0.378 e. The molecular weight excluding hydrogens is 252 g/mol. The second kappa shape index (κ2) is 5.29. The molecule has 1 aromatic heterocycles. The summed E-state index contributed by atoms with van der Waals surface area (Å²) in [4.78, 5) is 12.1. The molecule has 2 aromatic rings. The van der Waals surface area contributed by atoms with Gasteiger partial charge in [0.2, 0.25) is 5.91 Å². The average molecular weight is 272 g/mol. The molecule has 0 bridgehead atoms. The van der Waals surface area contributed by atoms with Gasteiger partial charge in [0.05, 0.1) is 12.0 Å². The van der Waals surface area contributed by atoms with Gasteiger partial charge in [0.15, 0.2) is 0 Å². The molecule has 0 aliphatic heterocycles. The standard InChI is InChI=1S/C16H20N2O2/c1-3-18-8-7-11-9-12(5-6-14(11)18)17-16(19)13-10-15(13)20-4-2/h5-9,13,15H,3-4,10H2,1-2H3,(H,17,19). The van der Waals surface area contributed by atoms with Gasteiger partial charge in [-0.3, -0.25) is 4.79 Å². The topological polar surface area (TPSA) is 43.3 Å². The van der Waals surface area contributed by atoms with Crippen molar-refractivity contribution in [1.29, 1.82) is 0 Å². The Balaban J connectivity index is 1.70. The smallest absolute Gasteiger partial charge is 0.230 e. The van der Waals surface area contributed by atoms with Crippen molar-refractivity contribution in [1.82, 2.24) is 4.57 Å². The number of nitrogens with zero attached hydrogens (tertiary/aromatic N) is 1. The molecule has 0 spiro atoms. The number of benzene rings is 1. The van der Waals surface area contributed by atoms with Crippen molar-refractivity contribution in [3.63, 3.8) is 0 Å². The lowest BCUT2D eigenvalue weighted by molar-refractivity contribution is -0.118. The number of aromatic nitrogens is 1. The van der Waals surface area contributed by atoms with Gasteiger partial charge < -0.3 is 14.6 Å². The molecule has 1 aliphatic carbocycles. The maximum absolute atomic E-state index is 12.1. The molecule has 106 valence electrons.